The zero-order valence-corrected chi connectivity index (χ0v) is 9.70. The molecule has 1 unspecified atom stereocenters. The summed E-state index contributed by atoms with van der Waals surface area (Å²) in [6.45, 7) is 0.604. The maximum Gasteiger partial charge on any atom is 0.411 e. The van der Waals surface area contributed by atoms with Gasteiger partial charge in [-0.15, -0.1) is 0 Å². The summed E-state index contributed by atoms with van der Waals surface area (Å²) in [4.78, 5) is 0. The Balaban J connectivity index is 1.92. The molecule has 3 nitrogen and oxygen atoms in total. The van der Waals surface area contributed by atoms with Crippen LogP contribution in [0.1, 0.15) is 6.42 Å². The molecule has 1 aliphatic heterocycles. The molecule has 0 radical (unpaired) electrons. The highest BCUT2D eigenvalue weighted by molar-refractivity contribution is 7.84. The average molecular weight is 259 g/mol. The SMILES string of the molecule is O=S(CCCOCC(F)(F)F)CC1CNC1. The second kappa shape index (κ2) is 6.56. The molecule has 96 valence electrons. The van der Waals surface area contributed by atoms with E-state index in [9.17, 15) is 17.4 Å². The predicted octanol–water partition coefficient (Wildman–Crippen LogP) is 0.923. The zero-order chi connectivity index (χ0) is 12.0. The van der Waals surface area contributed by atoms with E-state index in [-0.39, 0.29) is 6.61 Å². The summed E-state index contributed by atoms with van der Waals surface area (Å²) in [5, 5.41) is 3.08. The molecule has 0 aromatic carbocycles. The van der Waals surface area contributed by atoms with Crippen LogP contribution in [-0.2, 0) is 15.5 Å². The van der Waals surface area contributed by atoms with Gasteiger partial charge < -0.3 is 10.1 Å². The number of hydrogen-bond donors (Lipinski definition) is 1. The highest BCUT2D eigenvalue weighted by atomic mass is 32.2. The first-order valence-electron chi connectivity index (χ1n) is 5.17. The first-order chi connectivity index (χ1) is 7.47. The summed E-state index contributed by atoms with van der Waals surface area (Å²) in [7, 11) is -0.925. The molecule has 0 amide bonds. The molecule has 1 fully saturated rings. The number of hydrogen-bond acceptors (Lipinski definition) is 3. The number of rotatable bonds is 7. The fraction of sp³-hybridized carbons (Fsp3) is 1.00. The quantitative estimate of drug-likeness (QED) is 0.691. The van der Waals surface area contributed by atoms with Crippen molar-refractivity contribution in [3.05, 3.63) is 0 Å². The van der Waals surface area contributed by atoms with Gasteiger partial charge in [-0.3, -0.25) is 4.21 Å². The van der Waals surface area contributed by atoms with Crippen molar-refractivity contribution in [2.75, 3.05) is 37.8 Å². The average Bonchev–Trinajstić information content (AvgIpc) is 2.09. The lowest BCUT2D eigenvalue weighted by atomic mass is 10.1. The van der Waals surface area contributed by atoms with E-state index in [0.29, 0.717) is 23.8 Å². The number of ether oxygens (including phenoxy) is 1. The maximum absolute atomic E-state index is 11.7. The van der Waals surface area contributed by atoms with Crippen LogP contribution in [0.5, 0.6) is 0 Å². The summed E-state index contributed by atoms with van der Waals surface area (Å²) in [6, 6.07) is 0. The molecular weight excluding hydrogens is 243 g/mol. The Bertz CT molecular complexity index is 231. The van der Waals surface area contributed by atoms with Crippen molar-refractivity contribution in [2.45, 2.75) is 12.6 Å². The topological polar surface area (TPSA) is 38.3 Å². The largest absolute Gasteiger partial charge is 0.411 e. The van der Waals surface area contributed by atoms with Gasteiger partial charge in [0.25, 0.3) is 0 Å². The molecule has 0 spiro atoms. The van der Waals surface area contributed by atoms with Crippen LogP contribution >= 0.6 is 0 Å². The van der Waals surface area contributed by atoms with E-state index >= 15 is 0 Å². The normalized spacial score (nSPS) is 19.4. The van der Waals surface area contributed by atoms with Crippen molar-refractivity contribution in [3.63, 3.8) is 0 Å². The van der Waals surface area contributed by atoms with Gasteiger partial charge in [-0.2, -0.15) is 13.2 Å². The van der Waals surface area contributed by atoms with Crippen molar-refractivity contribution in [3.8, 4) is 0 Å². The van der Waals surface area contributed by atoms with Crippen LogP contribution in [0, 0.1) is 5.92 Å². The molecule has 0 saturated carbocycles. The molecule has 0 aromatic heterocycles. The molecule has 1 saturated heterocycles. The van der Waals surface area contributed by atoms with Gasteiger partial charge in [0.15, 0.2) is 0 Å². The van der Waals surface area contributed by atoms with Crippen LogP contribution in [0.2, 0.25) is 0 Å². The molecule has 1 heterocycles. The van der Waals surface area contributed by atoms with Crippen molar-refractivity contribution >= 4 is 10.8 Å². The summed E-state index contributed by atoms with van der Waals surface area (Å²) < 4.78 is 50.9. The van der Waals surface area contributed by atoms with Crippen LogP contribution in [0.3, 0.4) is 0 Å². The summed E-state index contributed by atoms with van der Waals surface area (Å²) in [5.74, 6) is 1.54. The van der Waals surface area contributed by atoms with Crippen LogP contribution in [0.15, 0.2) is 0 Å². The molecule has 0 aromatic rings. The Kier molecular flexibility index (Phi) is 5.71. The first kappa shape index (κ1) is 13.9. The smallest absolute Gasteiger partial charge is 0.372 e. The predicted molar refractivity (Wildman–Crippen MR) is 55.7 cm³/mol. The summed E-state index contributed by atoms with van der Waals surface area (Å²) in [6.07, 6.45) is -3.85. The van der Waals surface area contributed by atoms with E-state index in [4.69, 9.17) is 0 Å². The minimum Gasteiger partial charge on any atom is -0.372 e. The number of alkyl halides is 3. The van der Waals surface area contributed by atoms with Crippen LogP contribution in [-0.4, -0.2) is 48.2 Å². The van der Waals surface area contributed by atoms with Crippen molar-refractivity contribution in [1.82, 2.24) is 5.32 Å². The molecule has 0 aliphatic carbocycles. The van der Waals surface area contributed by atoms with Crippen LogP contribution in [0.4, 0.5) is 13.2 Å². The minimum absolute atomic E-state index is 0.0220. The highest BCUT2D eigenvalue weighted by Gasteiger charge is 2.27. The van der Waals surface area contributed by atoms with Gasteiger partial charge in [-0.05, 0) is 12.3 Å². The minimum atomic E-state index is -4.27. The fourth-order valence-corrected chi connectivity index (χ4v) is 2.69. The van der Waals surface area contributed by atoms with E-state index in [0.717, 1.165) is 13.1 Å². The third kappa shape index (κ3) is 6.44. The van der Waals surface area contributed by atoms with Crippen molar-refractivity contribution in [2.24, 2.45) is 5.92 Å². The Morgan fingerprint density at radius 2 is 2.06 bits per heavy atom. The number of halogens is 3. The molecule has 1 aliphatic rings. The lowest BCUT2D eigenvalue weighted by Gasteiger charge is -2.26. The lowest BCUT2D eigenvalue weighted by Crippen LogP contribution is -2.45. The van der Waals surface area contributed by atoms with Crippen LogP contribution in [0.25, 0.3) is 0 Å². The third-order valence-corrected chi connectivity index (χ3v) is 3.80. The van der Waals surface area contributed by atoms with Gasteiger partial charge in [0.2, 0.25) is 0 Å². The number of nitrogens with one attached hydrogen (secondary N) is 1. The van der Waals surface area contributed by atoms with Crippen LogP contribution < -0.4 is 5.32 Å². The Morgan fingerprint density at radius 1 is 1.38 bits per heavy atom. The molecule has 1 N–H and O–H groups in total. The second-order valence-corrected chi connectivity index (χ2v) is 5.48. The van der Waals surface area contributed by atoms with Gasteiger partial charge >= 0.3 is 6.18 Å². The zero-order valence-electron chi connectivity index (χ0n) is 8.89. The maximum atomic E-state index is 11.7. The fourth-order valence-electron chi connectivity index (χ4n) is 1.32. The summed E-state index contributed by atoms with van der Waals surface area (Å²) in [5.41, 5.74) is 0. The van der Waals surface area contributed by atoms with Gasteiger partial charge in [0, 0.05) is 42.0 Å². The Hall–Kier alpha value is -0.140. The second-order valence-electron chi connectivity index (χ2n) is 3.86. The monoisotopic (exact) mass is 259 g/mol. The van der Waals surface area contributed by atoms with E-state index < -0.39 is 23.6 Å². The van der Waals surface area contributed by atoms with Crippen molar-refractivity contribution in [1.29, 1.82) is 0 Å². The Labute approximate surface area is 95.2 Å². The summed E-state index contributed by atoms with van der Waals surface area (Å²) >= 11 is 0. The molecule has 0 bridgehead atoms. The van der Waals surface area contributed by atoms with Crippen molar-refractivity contribution < 1.29 is 22.1 Å². The van der Waals surface area contributed by atoms with Gasteiger partial charge in [0.1, 0.15) is 6.61 Å². The Morgan fingerprint density at radius 3 is 2.56 bits per heavy atom. The van der Waals surface area contributed by atoms with E-state index in [2.05, 4.69) is 10.1 Å². The van der Waals surface area contributed by atoms with Gasteiger partial charge in [-0.25, -0.2) is 0 Å². The van der Waals surface area contributed by atoms with E-state index in [1.807, 2.05) is 0 Å². The highest BCUT2D eigenvalue weighted by Crippen LogP contribution is 2.14. The molecule has 7 heteroatoms. The molecule has 16 heavy (non-hydrogen) atoms. The van der Waals surface area contributed by atoms with Gasteiger partial charge in [-0.1, -0.05) is 0 Å². The van der Waals surface area contributed by atoms with E-state index in [1.165, 1.54) is 0 Å². The molecule has 1 rings (SSSR count). The molecular formula is C9H16F3NO2S. The van der Waals surface area contributed by atoms with E-state index in [1.54, 1.807) is 0 Å². The third-order valence-electron chi connectivity index (χ3n) is 2.21. The molecule has 1 atom stereocenters. The standard InChI is InChI=1S/C9H16F3NO2S/c10-9(11,12)7-15-2-1-3-16(14)6-8-4-13-5-8/h8,13H,1-7H2. The van der Waals surface area contributed by atoms with Gasteiger partial charge in [0.05, 0.1) is 0 Å². The first-order valence-corrected chi connectivity index (χ1v) is 6.66. The lowest BCUT2D eigenvalue weighted by molar-refractivity contribution is -0.173.